The van der Waals surface area contributed by atoms with Gasteiger partial charge in [0, 0.05) is 28.7 Å². The summed E-state index contributed by atoms with van der Waals surface area (Å²) in [7, 11) is 0. The number of benzene rings is 5. The Morgan fingerprint density at radius 1 is 0.492 bits per heavy atom. The first kappa shape index (κ1) is 38.3. The summed E-state index contributed by atoms with van der Waals surface area (Å²) in [5, 5.41) is 0. The monoisotopic (exact) mass is 772 g/mol. The molecular formula is C56H61BN2. The number of aromatic nitrogens is 1. The summed E-state index contributed by atoms with van der Waals surface area (Å²) in [5.74, 6) is 0. The van der Waals surface area contributed by atoms with Crippen LogP contribution in [0.4, 0.5) is 17.1 Å². The smallest absolute Gasteiger partial charge is 0.247 e. The zero-order valence-electron chi connectivity index (χ0n) is 37.3. The zero-order chi connectivity index (χ0) is 41.5. The molecule has 3 heteroatoms. The number of hydrogen-bond donors (Lipinski definition) is 0. The van der Waals surface area contributed by atoms with Crippen LogP contribution in [0, 0.1) is 0 Å². The molecule has 298 valence electrons. The minimum Gasteiger partial charge on any atom is -0.311 e. The summed E-state index contributed by atoms with van der Waals surface area (Å²) in [5.41, 5.74) is 20.1. The number of fused-ring (bicyclic) bond motifs is 6. The molecule has 59 heavy (non-hydrogen) atoms. The van der Waals surface area contributed by atoms with Crippen molar-refractivity contribution < 1.29 is 0 Å². The van der Waals surface area contributed by atoms with Crippen molar-refractivity contribution in [3.63, 3.8) is 0 Å². The second-order valence-corrected chi connectivity index (χ2v) is 22.1. The maximum absolute atomic E-state index is 5.39. The van der Waals surface area contributed by atoms with E-state index < -0.39 is 5.41 Å². The fourth-order valence-corrected chi connectivity index (χ4v) is 11.9. The van der Waals surface area contributed by atoms with Gasteiger partial charge in [0.05, 0.1) is 11.1 Å². The Hall–Kier alpha value is -4.89. The quantitative estimate of drug-likeness (QED) is 0.166. The molecule has 2 nitrogen and oxygen atoms in total. The van der Waals surface area contributed by atoms with E-state index in [0.717, 1.165) is 12.1 Å². The van der Waals surface area contributed by atoms with E-state index >= 15 is 0 Å². The van der Waals surface area contributed by atoms with Crippen LogP contribution in [0.1, 0.15) is 152 Å². The Kier molecular flexibility index (Phi) is 8.17. The molecule has 0 saturated heterocycles. The average Bonchev–Trinajstić information content (AvgIpc) is 3.21. The highest BCUT2D eigenvalue weighted by molar-refractivity contribution is 6.99. The van der Waals surface area contributed by atoms with Crippen molar-refractivity contribution in [3.8, 4) is 0 Å². The summed E-state index contributed by atoms with van der Waals surface area (Å²) >= 11 is 0. The van der Waals surface area contributed by atoms with E-state index in [1.165, 1.54) is 97.2 Å². The van der Waals surface area contributed by atoms with Crippen molar-refractivity contribution in [1.82, 2.24) is 4.98 Å². The van der Waals surface area contributed by atoms with Gasteiger partial charge in [-0.15, -0.1) is 0 Å². The van der Waals surface area contributed by atoms with Crippen LogP contribution in [0.2, 0.25) is 0 Å². The lowest BCUT2D eigenvalue weighted by Crippen LogP contribution is -2.65. The summed E-state index contributed by atoms with van der Waals surface area (Å²) in [6, 6.07) is 44.9. The molecular weight excluding hydrogens is 711 g/mol. The van der Waals surface area contributed by atoms with Crippen LogP contribution in [-0.4, -0.2) is 11.7 Å². The minimum absolute atomic E-state index is 0.0144. The molecule has 1 aromatic heterocycles. The predicted molar refractivity (Wildman–Crippen MR) is 251 cm³/mol. The van der Waals surface area contributed by atoms with E-state index in [2.05, 4.69) is 203 Å². The molecule has 0 unspecified atom stereocenters. The van der Waals surface area contributed by atoms with Crippen LogP contribution in [0.3, 0.4) is 0 Å². The molecule has 4 aliphatic rings. The summed E-state index contributed by atoms with van der Waals surface area (Å²) in [6.07, 6.45) is 6.97. The lowest BCUT2D eigenvalue weighted by atomic mass is 9.29. The molecule has 3 heterocycles. The van der Waals surface area contributed by atoms with E-state index in [9.17, 15) is 0 Å². The second-order valence-electron chi connectivity index (χ2n) is 22.1. The maximum Gasteiger partial charge on any atom is 0.247 e. The Bertz CT molecular complexity index is 2620. The fraction of sp³-hybridized carbons (Fsp3) is 0.375. The second kappa shape index (κ2) is 12.6. The van der Waals surface area contributed by atoms with Crippen molar-refractivity contribution in [3.05, 3.63) is 172 Å². The molecule has 0 bridgehead atoms. The minimum atomic E-state index is -0.584. The Labute approximate surface area is 354 Å². The lowest BCUT2D eigenvalue weighted by molar-refractivity contribution is 0.332. The van der Waals surface area contributed by atoms with E-state index in [1.54, 1.807) is 0 Å². The Balaban J connectivity index is 1.41. The average molecular weight is 773 g/mol. The highest BCUT2D eigenvalue weighted by Gasteiger charge is 2.53. The molecule has 0 amide bonds. The highest BCUT2D eigenvalue weighted by Crippen LogP contribution is 2.55. The van der Waals surface area contributed by atoms with Gasteiger partial charge in [0.1, 0.15) is 0 Å². The first-order chi connectivity index (χ1) is 27.9. The molecule has 0 atom stereocenters. The van der Waals surface area contributed by atoms with E-state index in [0.29, 0.717) is 0 Å². The van der Waals surface area contributed by atoms with Crippen LogP contribution in [0.15, 0.2) is 121 Å². The van der Waals surface area contributed by atoms with Gasteiger partial charge >= 0.3 is 0 Å². The molecule has 0 saturated carbocycles. The van der Waals surface area contributed by atoms with Gasteiger partial charge in [0.25, 0.3) is 0 Å². The Morgan fingerprint density at radius 3 is 1.61 bits per heavy atom. The lowest BCUT2D eigenvalue weighted by Gasteiger charge is -2.51. The zero-order valence-corrected chi connectivity index (χ0v) is 37.3. The van der Waals surface area contributed by atoms with Gasteiger partial charge in [0.15, 0.2) is 0 Å². The number of rotatable bonds is 3. The van der Waals surface area contributed by atoms with Crippen molar-refractivity contribution in [1.29, 1.82) is 0 Å². The highest BCUT2D eigenvalue weighted by atomic mass is 15.2. The van der Waals surface area contributed by atoms with Crippen LogP contribution >= 0.6 is 0 Å². The molecule has 0 radical (unpaired) electrons. The Morgan fingerprint density at radius 2 is 1.02 bits per heavy atom. The van der Waals surface area contributed by atoms with Gasteiger partial charge in [-0.1, -0.05) is 173 Å². The van der Waals surface area contributed by atoms with E-state index in [4.69, 9.17) is 4.98 Å². The molecule has 10 rings (SSSR count). The third kappa shape index (κ3) is 5.41. The van der Waals surface area contributed by atoms with Gasteiger partial charge in [0.2, 0.25) is 6.71 Å². The standard InChI is InChI=1S/C56H61BN2/c1-51(2,3)48-34-43-42(35-58-48)56(36-20-14-12-15-21-36,37-22-16-13-17-23-37)39-25-19-27-46-50(39)57(43)44-32-40-41(54(8,9)29-28-53(40,6)7)33-47(44)59(46)45-26-18-24-38-49(45)55(10,11)31-30-52(38,4)5/h12-27,32-35H,28-31H2,1-11H3. The molecule has 0 spiro atoms. The number of anilines is 3. The topological polar surface area (TPSA) is 16.1 Å². The third-order valence-corrected chi connectivity index (χ3v) is 15.5. The fourth-order valence-electron chi connectivity index (χ4n) is 11.9. The molecule has 2 aliphatic carbocycles. The molecule has 2 aliphatic heterocycles. The van der Waals surface area contributed by atoms with Gasteiger partial charge in [-0.25, -0.2) is 0 Å². The van der Waals surface area contributed by atoms with Crippen molar-refractivity contribution in [2.24, 2.45) is 0 Å². The van der Waals surface area contributed by atoms with Crippen molar-refractivity contribution >= 4 is 40.2 Å². The van der Waals surface area contributed by atoms with Crippen molar-refractivity contribution in [2.45, 2.75) is 134 Å². The van der Waals surface area contributed by atoms with Gasteiger partial charge in [-0.05, 0) is 127 Å². The summed E-state index contributed by atoms with van der Waals surface area (Å²) in [6.45, 7) is 26.8. The summed E-state index contributed by atoms with van der Waals surface area (Å²) in [4.78, 5) is 8.13. The van der Waals surface area contributed by atoms with Crippen LogP contribution in [0.25, 0.3) is 0 Å². The van der Waals surface area contributed by atoms with Crippen LogP contribution in [-0.2, 0) is 32.5 Å². The molecule has 0 N–H and O–H groups in total. The predicted octanol–water partition coefficient (Wildman–Crippen LogP) is 12.1. The molecule has 6 aromatic rings. The van der Waals surface area contributed by atoms with Gasteiger partial charge in [-0.2, -0.15) is 0 Å². The first-order valence-corrected chi connectivity index (χ1v) is 22.3. The normalized spacial score (nSPS) is 19.8. The number of hydrogen-bond acceptors (Lipinski definition) is 2. The van der Waals surface area contributed by atoms with Crippen LogP contribution < -0.4 is 21.3 Å². The van der Waals surface area contributed by atoms with E-state index in [1.807, 2.05) is 0 Å². The maximum atomic E-state index is 5.39. The molecule has 5 aromatic carbocycles. The largest absolute Gasteiger partial charge is 0.311 e. The summed E-state index contributed by atoms with van der Waals surface area (Å²) < 4.78 is 0. The molecule has 0 fully saturated rings. The van der Waals surface area contributed by atoms with Gasteiger partial charge in [-0.3, -0.25) is 4.98 Å². The SMILES string of the molecule is CC(C)(C)c1cc2c(cn1)C(c1ccccc1)(c1ccccc1)c1cccc3c1B2c1cc2c(cc1N3c1cccc3c1C(C)(C)CCC3(C)C)C(C)(C)CCC2(C)C. The van der Waals surface area contributed by atoms with Crippen molar-refractivity contribution in [2.75, 3.05) is 4.90 Å². The van der Waals surface area contributed by atoms with E-state index in [-0.39, 0.29) is 33.8 Å². The number of nitrogens with zero attached hydrogens (tertiary/aromatic N) is 2. The van der Waals surface area contributed by atoms with Gasteiger partial charge < -0.3 is 4.90 Å². The van der Waals surface area contributed by atoms with Crippen LogP contribution in [0.5, 0.6) is 0 Å². The third-order valence-electron chi connectivity index (χ3n) is 15.5. The first-order valence-electron chi connectivity index (χ1n) is 22.3. The number of pyridine rings is 1.